The van der Waals surface area contributed by atoms with E-state index in [-0.39, 0.29) is 5.69 Å². The topological polar surface area (TPSA) is 41.1 Å². The van der Waals surface area contributed by atoms with Crippen molar-refractivity contribution < 1.29 is 18.0 Å². The Balaban J connectivity index is 2.07. The molecule has 2 aromatic rings. The fourth-order valence-electron chi connectivity index (χ4n) is 1.74. The first-order valence-corrected chi connectivity index (χ1v) is 6.65. The Hall–Kier alpha value is -2.21. The maximum atomic E-state index is 12.6. The number of rotatable bonds is 2. The van der Waals surface area contributed by atoms with E-state index in [1.165, 1.54) is 12.1 Å². The molecule has 0 spiro atoms. The lowest BCUT2D eigenvalue weighted by atomic mass is 10.2. The van der Waals surface area contributed by atoms with E-state index in [0.29, 0.717) is 10.7 Å². The van der Waals surface area contributed by atoms with E-state index >= 15 is 0 Å². The SMILES string of the molecule is Cc1ccc(NC(=O)Nc2cccc(C(F)(F)F)c2)cc1Cl. The molecule has 0 heterocycles. The fourth-order valence-corrected chi connectivity index (χ4v) is 1.92. The van der Waals surface area contributed by atoms with Crippen molar-refractivity contribution in [2.45, 2.75) is 13.1 Å². The van der Waals surface area contributed by atoms with Crippen LogP contribution < -0.4 is 10.6 Å². The van der Waals surface area contributed by atoms with Gasteiger partial charge >= 0.3 is 12.2 Å². The van der Waals surface area contributed by atoms with Crippen LogP contribution in [0.15, 0.2) is 42.5 Å². The molecule has 2 amide bonds. The molecular formula is C15H12ClF3N2O. The van der Waals surface area contributed by atoms with Crippen LogP contribution in [-0.4, -0.2) is 6.03 Å². The number of carbonyl (C=O) groups is 1. The Morgan fingerprint density at radius 1 is 1.05 bits per heavy atom. The molecule has 0 aliphatic carbocycles. The summed E-state index contributed by atoms with van der Waals surface area (Å²) in [6.07, 6.45) is -4.46. The minimum absolute atomic E-state index is 0.0468. The van der Waals surface area contributed by atoms with E-state index in [1.807, 2.05) is 6.92 Å². The standard InChI is InChI=1S/C15H12ClF3N2O/c1-9-5-6-12(8-13(9)16)21-14(22)20-11-4-2-3-10(7-11)15(17,18)19/h2-8H,1H3,(H2,20,21,22). The second-order valence-corrected chi connectivity index (χ2v) is 5.03. The number of amides is 2. The van der Waals surface area contributed by atoms with Crippen LogP contribution in [0.3, 0.4) is 0 Å². The lowest BCUT2D eigenvalue weighted by molar-refractivity contribution is -0.137. The van der Waals surface area contributed by atoms with Gasteiger partial charge in [0.25, 0.3) is 0 Å². The number of urea groups is 1. The molecule has 7 heteroatoms. The number of benzene rings is 2. The molecule has 0 saturated carbocycles. The van der Waals surface area contributed by atoms with Crippen LogP contribution in [0.4, 0.5) is 29.3 Å². The summed E-state index contributed by atoms with van der Waals surface area (Å²) in [5.74, 6) is 0. The Kier molecular flexibility index (Phi) is 4.61. The first-order valence-electron chi connectivity index (χ1n) is 6.27. The molecule has 2 N–H and O–H groups in total. The molecule has 22 heavy (non-hydrogen) atoms. The lowest BCUT2D eigenvalue weighted by Crippen LogP contribution is -2.19. The minimum atomic E-state index is -4.46. The number of anilines is 2. The van der Waals surface area contributed by atoms with E-state index in [9.17, 15) is 18.0 Å². The summed E-state index contributed by atoms with van der Waals surface area (Å²) < 4.78 is 37.8. The van der Waals surface area contributed by atoms with Gasteiger partial charge in [0.1, 0.15) is 0 Å². The van der Waals surface area contributed by atoms with Crippen molar-refractivity contribution in [1.29, 1.82) is 0 Å². The van der Waals surface area contributed by atoms with E-state index < -0.39 is 17.8 Å². The number of alkyl halides is 3. The fraction of sp³-hybridized carbons (Fsp3) is 0.133. The molecule has 2 aromatic carbocycles. The molecule has 116 valence electrons. The summed E-state index contributed by atoms with van der Waals surface area (Å²) in [6, 6.07) is 8.67. The summed E-state index contributed by atoms with van der Waals surface area (Å²) in [5.41, 5.74) is 0.514. The summed E-state index contributed by atoms with van der Waals surface area (Å²) in [6.45, 7) is 1.81. The highest BCUT2D eigenvalue weighted by molar-refractivity contribution is 6.31. The first-order chi connectivity index (χ1) is 10.3. The van der Waals surface area contributed by atoms with E-state index in [4.69, 9.17) is 11.6 Å². The smallest absolute Gasteiger partial charge is 0.308 e. The third-order valence-electron chi connectivity index (χ3n) is 2.88. The van der Waals surface area contributed by atoms with Gasteiger partial charge in [-0.1, -0.05) is 23.7 Å². The van der Waals surface area contributed by atoms with E-state index in [0.717, 1.165) is 17.7 Å². The largest absolute Gasteiger partial charge is 0.416 e. The predicted octanol–water partition coefficient (Wildman–Crippen LogP) is 5.31. The van der Waals surface area contributed by atoms with Crippen molar-refractivity contribution in [2.24, 2.45) is 0 Å². The number of carbonyl (C=O) groups excluding carboxylic acids is 1. The van der Waals surface area contributed by atoms with Crippen molar-refractivity contribution >= 4 is 29.0 Å². The van der Waals surface area contributed by atoms with Crippen LogP contribution in [0.2, 0.25) is 5.02 Å². The van der Waals surface area contributed by atoms with Gasteiger partial charge in [0.2, 0.25) is 0 Å². The molecule has 3 nitrogen and oxygen atoms in total. The molecule has 0 aromatic heterocycles. The van der Waals surface area contributed by atoms with Gasteiger partial charge in [-0.25, -0.2) is 4.79 Å². The molecule has 0 atom stereocenters. The summed E-state index contributed by atoms with van der Waals surface area (Å²) in [7, 11) is 0. The van der Waals surface area contributed by atoms with Crippen molar-refractivity contribution in [3.63, 3.8) is 0 Å². The van der Waals surface area contributed by atoms with Gasteiger partial charge in [0.05, 0.1) is 5.56 Å². The monoisotopic (exact) mass is 328 g/mol. The van der Waals surface area contributed by atoms with Crippen LogP contribution in [0.1, 0.15) is 11.1 Å². The molecule has 0 aliphatic heterocycles. The molecule has 0 aliphatic rings. The van der Waals surface area contributed by atoms with E-state index in [2.05, 4.69) is 10.6 Å². The first kappa shape index (κ1) is 16.2. The highest BCUT2D eigenvalue weighted by Crippen LogP contribution is 2.30. The Morgan fingerprint density at radius 2 is 1.68 bits per heavy atom. The van der Waals surface area contributed by atoms with Gasteiger partial charge in [0.15, 0.2) is 0 Å². The van der Waals surface area contributed by atoms with Crippen molar-refractivity contribution in [3.05, 3.63) is 58.6 Å². The van der Waals surface area contributed by atoms with Crippen LogP contribution in [0, 0.1) is 6.92 Å². The van der Waals surface area contributed by atoms with Gasteiger partial charge in [-0.3, -0.25) is 0 Å². The van der Waals surface area contributed by atoms with Gasteiger partial charge in [0, 0.05) is 16.4 Å². The zero-order chi connectivity index (χ0) is 16.3. The van der Waals surface area contributed by atoms with Gasteiger partial charge < -0.3 is 10.6 Å². The second-order valence-electron chi connectivity index (χ2n) is 4.62. The molecule has 0 fully saturated rings. The minimum Gasteiger partial charge on any atom is -0.308 e. The maximum absolute atomic E-state index is 12.6. The number of hydrogen-bond donors (Lipinski definition) is 2. The average Bonchev–Trinajstić information content (AvgIpc) is 2.42. The second kappa shape index (κ2) is 6.27. The molecular weight excluding hydrogens is 317 g/mol. The highest BCUT2D eigenvalue weighted by Gasteiger charge is 2.30. The molecule has 2 rings (SSSR count). The van der Waals surface area contributed by atoms with Gasteiger partial charge in [-0.05, 0) is 42.8 Å². The van der Waals surface area contributed by atoms with Gasteiger partial charge in [-0.15, -0.1) is 0 Å². The molecule has 0 bridgehead atoms. The van der Waals surface area contributed by atoms with Crippen LogP contribution in [-0.2, 0) is 6.18 Å². The molecule has 0 radical (unpaired) electrons. The summed E-state index contributed by atoms with van der Waals surface area (Å²) in [5, 5.41) is 5.33. The quantitative estimate of drug-likeness (QED) is 0.770. The van der Waals surface area contributed by atoms with Gasteiger partial charge in [-0.2, -0.15) is 13.2 Å². The zero-order valence-electron chi connectivity index (χ0n) is 11.5. The Bertz CT molecular complexity index is 701. The maximum Gasteiger partial charge on any atom is 0.416 e. The van der Waals surface area contributed by atoms with Crippen molar-refractivity contribution in [1.82, 2.24) is 0 Å². The zero-order valence-corrected chi connectivity index (χ0v) is 12.2. The Labute approximate surface area is 130 Å². The van der Waals surface area contributed by atoms with Crippen LogP contribution >= 0.6 is 11.6 Å². The highest BCUT2D eigenvalue weighted by atomic mass is 35.5. The average molecular weight is 329 g/mol. The van der Waals surface area contributed by atoms with Crippen molar-refractivity contribution in [3.8, 4) is 0 Å². The van der Waals surface area contributed by atoms with Crippen LogP contribution in [0.5, 0.6) is 0 Å². The van der Waals surface area contributed by atoms with E-state index in [1.54, 1.807) is 18.2 Å². The summed E-state index contributed by atoms with van der Waals surface area (Å²) in [4.78, 5) is 11.8. The normalized spacial score (nSPS) is 11.1. The molecule has 0 unspecified atom stereocenters. The number of hydrogen-bond acceptors (Lipinski definition) is 1. The summed E-state index contributed by atoms with van der Waals surface area (Å²) >= 11 is 5.93. The lowest BCUT2D eigenvalue weighted by Gasteiger charge is -2.11. The molecule has 0 saturated heterocycles. The number of aryl methyl sites for hydroxylation is 1. The van der Waals surface area contributed by atoms with Crippen LogP contribution in [0.25, 0.3) is 0 Å². The number of nitrogens with one attached hydrogen (secondary N) is 2. The Morgan fingerprint density at radius 3 is 2.27 bits per heavy atom. The number of halogens is 4. The third kappa shape index (κ3) is 4.14. The van der Waals surface area contributed by atoms with Crippen molar-refractivity contribution in [2.75, 3.05) is 10.6 Å². The predicted molar refractivity (Wildman–Crippen MR) is 80.3 cm³/mol. The third-order valence-corrected chi connectivity index (χ3v) is 3.28.